The molecule has 0 heterocycles. The van der Waals surface area contributed by atoms with Crippen molar-refractivity contribution in [3.8, 4) is 5.75 Å². The van der Waals surface area contributed by atoms with Crippen molar-refractivity contribution in [1.82, 2.24) is 0 Å². The van der Waals surface area contributed by atoms with Crippen LogP contribution < -0.4 is 5.32 Å². The van der Waals surface area contributed by atoms with Crippen molar-refractivity contribution >= 4 is 56.3 Å². The molecule has 0 fully saturated rings. The number of phenols is 1. The van der Waals surface area contributed by atoms with Gasteiger partial charge in [0.1, 0.15) is 11.9 Å². The highest BCUT2D eigenvalue weighted by molar-refractivity contribution is 14.1. The lowest BCUT2D eigenvalue weighted by Crippen LogP contribution is -2.27. The minimum absolute atomic E-state index is 0.104. The predicted molar refractivity (Wildman–Crippen MR) is 115 cm³/mol. The van der Waals surface area contributed by atoms with Crippen LogP contribution in [0, 0.1) is 3.57 Å². The topological polar surface area (TPSA) is 105 Å². The number of carbonyl (C=O) groups excluding carboxylic acids is 1. The number of carboxylic acid groups (broad SMARTS) is 1. The van der Waals surface area contributed by atoms with Crippen LogP contribution in [0.15, 0.2) is 59.1 Å². The first kappa shape index (κ1) is 22.2. The number of carbonyl (C=O) groups is 2. The van der Waals surface area contributed by atoms with E-state index in [9.17, 15) is 14.7 Å². The van der Waals surface area contributed by atoms with Gasteiger partial charge in [-0.25, -0.2) is 9.59 Å². The number of anilines is 1. The molecule has 0 saturated heterocycles. The molecule has 2 aromatic carbocycles. The van der Waals surface area contributed by atoms with Crippen molar-refractivity contribution in [3.63, 3.8) is 0 Å². The van der Waals surface area contributed by atoms with E-state index in [2.05, 4.69) is 43.8 Å². The number of amides is 1. The van der Waals surface area contributed by atoms with Crippen LogP contribution in [0.25, 0.3) is 0 Å². The summed E-state index contributed by atoms with van der Waals surface area (Å²) in [6.07, 6.45) is -0.653. The molecular weight excluding hydrogens is 545 g/mol. The van der Waals surface area contributed by atoms with Crippen molar-refractivity contribution in [3.05, 3.63) is 68.2 Å². The maximum atomic E-state index is 12.4. The quantitative estimate of drug-likeness (QED) is 0.334. The highest BCUT2D eigenvalue weighted by Gasteiger charge is 2.28. The Morgan fingerprint density at radius 1 is 1.21 bits per heavy atom. The lowest BCUT2D eigenvalue weighted by Gasteiger charge is -2.25. The minimum atomic E-state index is -1.17. The van der Waals surface area contributed by atoms with Gasteiger partial charge in [0.25, 0.3) is 0 Å². The maximum Gasteiger partial charge on any atom is 0.412 e. The average molecular weight is 562 g/mol. The molecule has 2 aromatic rings. The molecule has 0 aromatic heterocycles. The van der Waals surface area contributed by atoms with Gasteiger partial charge in [-0.3, -0.25) is 5.32 Å². The van der Waals surface area contributed by atoms with Crippen molar-refractivity contribution in [2.75, 3.05) is 12.4 Å². The fraction of sp³-hybridized carbons (Fsp3) is 0.158. The number of aromatic hydroxyl groups is 1. The summed E-state index contributed by atoms with van der Waals surface area (Å²) in [5.74, 6) is -1.28. The van der Waals surface area contributed by atoms with E-state index in [1.165, 1.54) is 19.3 Å². The molecule has 148 valence electrons. The smallest absolute Gasteiger partial charge is 0.412 e. The van der Waals surface area contributed by atoms with Crippen LogP contribution in [0.4, 0.5) is 10.5 Å². The number of rotatable bonds is 7. The van der Waals surface area contributed by atoms with E-state index < -0.39 is 24.3 Å². The summed E-state index contributed by atoms with van der Waals surface area (Å²) < 4.78 is 12.5. The summed E-state index contributed by atoms with van der Waals surface area (Å²) in [6, 6.07) is 11.7. The molecule has 0 saturated carbocycles. The van der Waals surface area contributed by atoms with Gasteiger partial charge < -0.3 is 19.7 Å². The molecule has 3 N–H and O–H groups in total. The molecule has 2 atom stereocenters. The Labute approximate surface area is 183 Å². The Kier molecular flexibility index (Phi) is 8.27. The van der Waals surface area contributed by atoms with Gasteiger partial charge in [0.15, 0.2) is 6.10 Å². The zero-order valence-electron chi connectivity index (χ0n) is 14.6. The lowest BCUT2D eigenvalue weighted by molar-refractivity contribution is -0.131. The zero-order valence-corrected chi connectivity index (χ0v) is 18.4. The van der Waals surface area contributed by atoms with Crippen LogP contribution in [-0.4, -0.2) is 35.5 Å². The number of aliphatic carboxylic acids is 1. The number of benzene rings is 2. The third-order valence-corrected chi connectivity index (χ3v) is 4.82. The molecule has 2 rings (SSSR count). The van der Waals surface area contributed by atoms with Crippen LogP contribution in [0.5, 0.6) is 5.75 Å². The van der Waals surface area contributed by atoms with Crippen molar-refractivity contribution in [2.45, 2.75) is 12.2 Å². The molecule has 1 amide bonds. The number of hydrogen-bond acceptors (Lipinski definition) is 5. The van der Waals surface area contributed by atoms with E-state index in [0.29, 0.717) is 11.3 Å². The Morgan fingerprint density at radius 2 is 1.89 bits per heavy atom. The van der Waals surface area contributed by atoms with Crippen LogP contribution in [0.3, 0.4) is 0 Å². The van der Waals surface area contributed by atoms with Gasteiger partial charge in [-0.2, -0.15) is 0 Å². The molecule has 28 heavy (non-hydrogen) atoms. The first-order valence-corrected chi connectivity index (χ1v) is 9.83. The third-order valence-electron chi connectivity index (χ3n) is 3.62. The Bertz CT molecular complexity index is 871. The molecular formula is C19H17BrINO6. The van der Waals surface area contributed by atoms with Crippen molar-refractivity contribution in [1.29, 1.82) is 0 Å². The number of halogens is 2. The molecule has 7 nitrogen and oxygen atoms in total. The second-order valence-electron chi connectivity index (χ2n) is 5.56. The highest BCUT2D eigenvalue weighted by atomic mass is 127. The second-order valence-corrected chi connectivity index (χ2v) is 7.72. The number of phenolic OH excluding ortho intramolecular Hbond substituents is 1. The molecule has 0 aliphatic rings. The summed E-state index contributed by atoms with van der Waals surface area (Å²) in [5, 5.41) is 21.7. The van der Waals surface area contributed by atoms with Crippen LogP contribution in [0.2, 0.25) is 0 Å². The number of nitrogens with one attached hydrogen (secondary N) is 1. The molecule has 9 heteroatoms. The van der Waals surface area contributed by atoms with Crippen molar-refractivity contribution in [2.24, 2.45) is 0 Å². The SMILES string of the molecule is CO[C@@H](/C=C/C(=O)O)[C@@H](OC(=O)Nc1ccc(Br)cc1)c1cc(I)ccc1O. The van der Waals surface area contributed by atoms with Gasteiger partial charge in [0.05, 0.1) is 0 Å². The molecule has 0 aliphatic carbocycles. The van der Waals surface area contributed by atoms with Gasteiger partial charge in [-0.1, -0.05) is 15.9 Å². The van der Waals surface area contributed by atoms with Gasteiger partial charge in [0, 0.05) is 32.5 Å². The van der Waals surface area contributed by atoms with E-state index in [1.807, 2.05) is 0 Å². The van der Waals surface area contributed by atoms with Crippen LogP contribution in [-0.2, 0) is 14.3 Å². The number of ether oxygens (including phenoxy) is 2. The largest absolute Gasteiger partial charge is 0.508 e. The average Bonchev–Trinajstić information content (AvgIpc) is 2.65. The lowest BCUT2D eigenvalue weighted by atomic mass is 10.0. The monoisotopic (exact) mass is 561 g/mol. The number of methoxy groups -OCH3 is 1. The first-order chi connectivity index (χ1) is 13.3. The van der Waals surface area contributed by atoms with E-state index in [4.69, 9.17) is 14.6 Å². The Hall–Kier alpha value is -2.11. The summed E-state index contributed by atoms with van der Waals surface area (Å²) in [7, 11) is 1.35. The maximum absolute atomic E-state index is 12.4. The molecule has 0 radical (unpaired) electrons. The van der Waals surface area contributed by atoms with Gasteiger partial charge in [-0.15, -0.1) is 0 Å². The predicted octanol–water partition coefficient (Wildman–Crippen LogP) is 4.70. The Morgan fingerprint density at radius 3 is 2.50 bits per heavy atom. The second kappa shape index (κ2) is 10.4. The minimum Gasteiger partial charge on any atom is -0.508 e. The van der Waals surface area contributed by atoms with Gasteiger partial charge >= 0.3 is 12.1 Å². The summed E-state index contributed by atoms with van der Waals surface area (Å²) in [6.45, 7) is 0. The molecule has 0 aliphatic heterocycles. The van der Waals surface area contributed by atoms with E-state index >= 15 is 0 Å². The van der Waals surface area contributed by atoms with Crippen LogP contribution >= 0.6 is 38.5 Å². The molecule has 0 bridgehead atoms. The zero-order chi connectivity index (χ0) is 20.7. The molecule has 0 unspecified atom stereocenters. The molecule has 0 spiro atoms. The summed E-state index contributed by atoms with van der Waals surface area (Å²) >= 11 is 5.36. The van der Waals surface area contributed by atoms with Crippen molar-refractivity contribution < 1.29 is 29.3 Å². The summed E-state index contributed by atoms with van der Waals surface area (Å²) in [4.78, 5) is 23.3. The number of carboxylic acids is 1. The fourth-order valence-corrected chi connectivity index (χ4v) is 3.12. The fourth-order valence-electron chi connectivity index (χ4n) is 2.34. The first-order valence-electron chi connectivity index (χ1n) is 7.95. The van der Waals surface area contributed by atoms with Gasteiger partial charge in [0.2, 0.25) is 0 Å². The third kappa shape index (κ3) is 6.50. The van der Waals surface area contributed by atoms with E-state index in [-0.39, 0.29) is 5.75 Å². The van der Waals surface area contributed by atoms with Crippen LogP contribution in [0.1, 0.15) is 11.7 Å². The summed E-state index contributed by atoms with van der Waals surface area (Å²) in [5.41, 5.74) is 0.800. The standard InChI is InChI=1S/C19H17BrINO6/c1-27-16(8-9-17(24)25)18(14-10-12(21)4-7-15(14)23)28-19(26)22-13-5-2-11(20)3-6-13/h2-10,16,18,23H,1H3,(H,22,26)(H,24,25)/b9-8+/t16-,18-/m0/s1. The normalized spacial score (nSPS) is 13.1. The van der Waals surface area contributed by atoms with E-state index in [0.717, 1.165) is 14.1 Å². The Balaban J connectivity index is 2.31. The van der Waals surface area contributed by atoms with Gasteiger partial charge in [-0.05, 0) is 71.1 Å². The van der Waals surface area contributed by atoms with E-state index in [1.54, 1.807) is 36.4 Å². The number of hydrogen-bond donors (Lipinski definition) is 3. The highest BCUT2D eigenvalue weighted by Crippen LogP contribution is 2.33.